The molecule has 0 aliphatic carbocycles. The summed E-state index contributed by atoms with van der Waals surface area (Å²) in [7, 11) is 1.52. The van der Waals surface area contributed by atoms with Crippen LogP contribution in [0.3, 0.4) is 0 Å². The zero-order valence-electron chi connectivity index (χ0n) is 12.7. The van der Waals surface area contributed by atoms with E-state index in [1.54, 1.807) is 20.8 Å². The summed E-state index contributed by atoms with van der Waals surface area (Å²) >= 11 is 0. The van der Waals surface area contributed by atoms with E-state index in [4.69, 9.17) is 4.74 Å². The maximum atomic E-state index is 11.9. The zero-order chi connectivity index (χ0) is 16.5. The third-order valence-corrected chi connectivity index (χ3v) is 2.67. The summed E-state index contributed by atoms with van der Waals surface area (Å²) in [6.45, 7) is 5.28. The molecule has 0 unspecified atom stereocenters. The van der Waals surface area contributed by atoms with Crippen LogP contribution in [0, 0.1) is 0 Å². The van der Waals surface area contributed by atoms with Crippen molar-refractivity contribution >= 4 is 11.9 Å². The first kappa shape index (κ1) is 15.6. The maximum Gasteiger partial charge on any atom is 0.354 e. The Labute approximate surface area is 126 Å². The highest BCUT2D eigenvalue weighted by molar-refractivity contribution is 5.93. The SMILES string of the molecule is Cn1ncc(-c2ncc(C(=O)OC(C)(C)C)cn2)c1C(=O)O. The van der Waals surface area contributed by atoms with Gasteiger partial charge < -0.3 is 9.84 Å². The van der Waals surface area contributed by atoms with Crippen LogP contribution in [0.1, 0.15) is 41.6 Å². The van der Waals surface area contributed by atoms with E-state index in [1.165, 1.54) is 30.3 Å². The monoisotopic (exact) mass is 304 g/mol. The molecule has 22 heavy (non-hydrogen) atoms. The molecule has 1 N–H and O–H groups in total. The van der Waals surface area contributed by atoms with Crippen molar-refractivity contribution in [2.45, 2.75) is 26.4 Å². The lowest BCUT2D eigenvalue weighted by molar-refractivity contribution is 0.00684. The van der Waals surface area contributed by atoms with Crippen LogP contribution in [0.4, 0.5) is 0 Å². The van der Waals surface area contributed by atoms with Crippen molar-refractivity contribution in [2.75, 3.05) is 0 Å². The Morgan fingerprint density at radius 3 is 2.27 bits per heavy atom. The van der Waals surface area contributed by atoms with E-state index in [0.717, 1.165) is 0 Å². The molecule has 116 valence electrons. The van der Waals surface area contributed by atoms with Crippen molar-refractivity contribution in [3.05, 3.63) is 29.8 Å². The Bertz CT molecular complexity index is 713. The van der Waals surface area contributed by atoms with Crippen LogP contribution in [0.25, 0.3) is 11.4 Å². The highest BCUT2D eigenvalue weighted by Crippen LogP contribution is 2.19. The third-order valence-electron chi connectivity index (χ3n) is 2.67. The molecule has 0 aromatic carbocycles. The summed E-state index contributed by atoms with van der Waals surface area (Å²) < 4.78 is 6.43. The first-order valence-corrected chi connectivity index (χ1v) is 6.50. The van der Waals surface area contributed by atoms with Crippen molar-refractivity contribution in [1.29, 1.82) is 0 Å². The summed E-state index contributed by atoms with van der Waals surface area (Å²) in [5.41, 5.74) is -0.162. The number of esters is 1. The molecule has 0 radical (unpaired) electrons. The van der Waals surface area contributed by atoms with Crippen molar-refractivity contribution < 1.29 is 19.4 Å². The molecule has 0 spiro atoms. The fourth-order valence-electron chi connectivity index (χ4n) is 1.76. The van der Waals surface area contributed by atoms with Crippen LogP contribution < -0.4 is 0 Å². The molecule has 2 heterocycles. The highest BCUT2D eigenvalue weighted by Gasteiger charge is 2.21. The van der Waals surface area contributed by atoms with E-state index in [9.17, 15) is 14.7 Å². The number of aromatic nitrogens is 4. The van der Waals surface area contributed by atoms with Gasteiger partial charge in [-0.1, -0.05) is 0 Å². The third kappa shape index (κ3) is 3.27. The van der Waals surface area contributed by atoms with Gasteiger partial charge in [-0.3, -0.25) is 4.68 Å². The van der Waals surface area contributed by atoms with Crippen LogP contribution >= 0.6 is 0 Å². The Balaban J connectivity index is 2.30. The molecule has 2 rings (SSSR count). The first-order valence-electron chi connectivity index (χ1n) is 6.50. The fourth-order valence-corrected chi connectivity index (χ4v) is 1.76. The van der Waals surface area contributed by atoms with Crippen LogP contribution in [0.15, 0.2) is 18.6 Å². The molecule has 0 amide bonds. The second-order valence-electron chi connectivity index (χ2n) is 5.63. The maximum absolute atomic E-state index is 11.9. The first-order chi connectivity index (χ1) is 10.2. The van der Waals surface area contributed by atoms with Gasteiger partial charge in [-0.2, -0.15) is 5.10 Å². The molecule has 8 nitrogen and oxygen atoms in total. The molecular formula is C14H16N4O4. The summed E-state index contributed by atoms with van der Waals surface area (Å²) in [5, 5.41) is 13.1. The minimum atomic E-state index is -1.13. The minimum absolute atomic E-state index is 0.0231. The Morgan fingerprint density at radius 1 is 1.18 bits per heavy atom. The number of hydrogen-bond acceptors (Lipinski definition) is 6. The summed E-state index contributed by atoms with van der Waals surface area (Å²) in [4.78, 5) is 31.1. The van der Waals surface area contributed by atoms with E-state index in [-0.39, 0.29) is 22.6 Å². The lowest BCUT2D eigenvalue weighted by atomic mass is 10.2. The predicted octanol–water partition coefficient (Wildman–Crippen LogP) is 1.53. The molecule has 0 bridgehead atoms. The van der Waals surface area contributed by atoms with Gasteiger partial charge in [-0.05, 0) is 20.8 Å². The molecule has 0 saturated heterocycles. The smallest absolute Gasteiger partial charge is 0.354 e. The van der Waals surface area contributed by atoms with Gasteiger partial charge in [0.15, 0.2) is 11.5 Å². The number of carboxylic acids is 1. The van der Waals surface area contributed by atoms with E-state index >= 15 is 0 Å². The van der Waals surface area contributed by atoms with E-state index in [1.807, 2.05) is 0 Å². The Hall–Kier alpha value is -2.77. The summed E-state index contributed by atoms with van der Waals surface area (Å²) in [5.74, 6) is -1.49. The molecule has 0 aliphatic heterocycles. The molecule has 8 heteroatoms. The van der Waals surface area contributed by atoms with Crippen LogP contribution in [0.5, 0.6) is 0 Å². The average Bonchev–Trinajstić information content (AvgIpc) is 2.79. The van der Waals surface area contributed by atoms with Gasteiger partial charge in [0, 0.05) is 19.4 Å². The molecular weight excluding hydrogens is 288 g/mol. The molecule has 0 atom stereocenters. The summed E-state index contributed by atoms with van der Waals surface area (Å²) in [6.07, 6.45) is 3.97. The average molecular weight is 304 g/mol. The molecule has 2 aromatic rings. The van der Waals surface area contributed by atoms with Crippen molar-refractivity contribution in [2.24, 2.45) is 7.05 Å². The molecule has 0 fully saturated rings. The minimum Gasteiger partial charge on any atom is -0.477 e. The zero-order valence-corrected chi connectivity index (χ0v) is 12.7. The van der Waals surface area contributed by atoms with Gasteiger partial charge in [0.05, 0.1) is 17.3 Å². The number of ether oxygens (including phenoxy) is 1. The van der Waals surface area contributed by atoms with Crippen molar-refractivity contribution in [3.63, 3.8) is 0 Å². The normalized spacial score (nSPS) is 11.3. The molecule has 0 saturated carbocycles. The number of aryl methyl sites for hydroxylation is 1. The largest absolute Gasteiger partial charge is 0.477 e. The number of carboxylic acid groups (broad SMARTS) is 1. The number of carbonyl (C=O) groups excluding carboxylic acids is 1. The fraction of sp³-hybridized carbons (Fsp3) is 0.357. The number of nitrogens with zero attached hydrogens (tertiary/aromatic N) is 4. The van der Waals surface area contributed by atoms with Crippen LogP contribution in [-0.2, 0) is 11.8 Å². The van der Waals surface area contributed by atoms with E-state index < -0.39 is 17.5 Å². The number of carbonyl (C=O) groups is 2. The van der Waals surface area contributed by atoms with E-state index in [2.05, 4.69) is 15.1 Å². The topological polar surface area (TPSA) is 107 Å². The van der Waals surface area contributed by atoms with Crippen LogP contribution in [-0.4, -0.2) is 42.4 Å². The second kappa shape index (κ2) is 5.55. The standard InChI is InChI=1S/C14H16N4O4/c1-14(2,3)22-13(21)8-5-15-11(16-6-8)9-7-17-18(4)10(9)12(19)20/h5-7H,1-4H3,(H,19,20). The van der Waals surface area contributed by atoms with Gasteiger partial charge >= 0.3 is 11.9 Å². The van der Waals surface area contributed by atoms with Gasteiger partial charge in [0.2, 0.25) is 0 Å². The van der Waals surface area contributed by atoms with Gasteiger partial charge in [0.25, 0.3) is 0 Å². The van der Waals surface area contributed by atoms with Crippen molar-refractivity contribution in [1.82, 2.24) is 19.7 Å². The quantitative estimate of drug-likeness (QED) is 0.857. The lowest BCUT2D eigenvalue weighted by Gasteiger charge is -2.19. The number of aromatic carboxylic acids is 1. The second-order valence-corrected chi connectivity index (χ2v) is 5.63. The lowest BCUT2D eigenvalue weighted by Crippen LogP contribution is -2.24. The van der Waals surface area contributed by atoms with Gasteiger partial charge in [-0.25, -0.2) is 19.6 Å². The Morgan fingerprint density at radius 2 is 1.77 bits per heavy atom. The Kier molecular flexibility index (Phi) is 3.94. The number of hydrogen-bond donors (Lipinski definition) is 1. The van der Waals surface area contributed by atoms with Crippen LogP contribution in [0.2, 0.25) is 0 Å². The highest BCUT2D eigenvalue weighted by atomic mass is 16.6. The summed E-state index contributed by atoms with van der Waals surface area (Å²) in [6, 6.07) is 0. The molecule has 2 aromatic heterocycles. The van der Waals surface area contributed by atoms with Gasteiger partial charge in [0.1, 0.15) is 5.60 Å². The van der Waals surface area contributed by atoms with E-state index in [0.29, 0.717) is 0 Å². The van der Waals surface area contributed by atoms with Gasteiger partial charge in [-0.15, -0.1) is 0 Å². The predicted molar refractivity (Wildman–Crippen MR) is 76.4 cm³/mol. The number of rotatable bonds is 3. The molecule has 0 aliphatic rings. The van der Waals surface area contributed by atoms with Crippen molar-refractivity contribution in [3.8, 4) is 11.4 Å².